The molecule has 134 valence electrons. The number of likely N-dealkylation sites (tertiary alicyclic amines) is 1. The molecule has 0 spiro atoms. The highest BCUT2D eigenvalue weighted by atomic mass is 32.2. The minimum absolute atomic E-state index is 0.0108. The van der Waals surface area contributed by atoms with Gasteiger partial charge in [0, 0.05) is 19.6 Å². The Morgan fingerprint density at radius 1 is 1.38 bits per heavy atom. The molecule has 1 aliphatic rings. The van der Waals surface area contributed by atoms with E-state index in [1.807, 2.05) is 0 Å². The van der Waals surface area contributed by atoms with Crippen LogP contribution >= 0.6 is 0 Å². The van der Waals surface area contributed by atoms with Gasteiger partial charge in [0.25, 0.3) is 0 Å². The molecule has 1 aromatic rings. The summed E-state index contributed by atoms with van der Waals surface area (Å²) in [6.07, 6.45) is 2.37. The molecule has 0 aromatic heterocycles. The molecule has 6 nitrogen and oxygen atoms in total. The van der Waals surface area contributed by atoms with Gasteiger partial charge in [-0.25, -0.2) is 17.9 Å². The highest BCUT2D eigenvalue weighted by Gasteiger charge is 2.21. The summed E-state index contributed by atoms with van der Waals surface area (Å²) in [6.45, 7) is 8.61. The molecule has 1 aliphatic heterocycles. The van der Waals surface area contributed by atoms with Gasteiger partial charge in [0.15, 0.2) is 0 Å². The highest BCUT2D eigenvalue weighted by Crippen LogP contribution is 2.21. The van der Waals surface area contributed by atoms with E-state index in [9.17, 15) is 13.2 Å². The van der Waals surface area contributed by atoms with Crippen molar-refractivity contribution in [1.82, 2.24) is 9.62 Å². The first kappa shape index (κ1) is 18.9. The number of carboxylic acids is 1. The van der Waals surface area contributed by atoms with E-state index in [4.69, 9.17) is 5.11 Å². The zero-order chi connectivity index (χ0) is 17.9. The molecule has 1 heterocycles. The number of piperidine rings is 1. The molecule has 0 saturated carbocycles. The number of nitrogens with one attached hydrogen (secondary N) is 1. The summed E-state index contributed by atoms with van der Waals surface area (Å²) in [7, 11) is -3.72. The summed E-state index contributed by atoms with van der Waals surface area (Å²) in [5.41, 5.74) is 1.22. The zero-order valence-electron chi connectivity index (χ0n) is 14.5. The Balaban J connectivity index is 2.08. The van der Waals surface area contributed by atoms with Crippen LogP contribution in [0.3, 0.4) is 0 Å². The topological polar surface area (TPSA) is 86.7 Å². The molecule has 1 fully saturated rings. The van der Waals surface area contributed by atoms with E-state index < -0.39 is 16.0 Å². The van der Waals surface area contributed by atoms with Crippen molar-refractivity contribution in [3.63, 3.8) is 0 Å². The number of hydrogen-bond acceptors (Lipinski definition) is 4. The smallest absolute Gasteiger partial charge is 0.335 e. The predicted octanol–water partition coefficient (Wildman–Crippen LogP) is 2.01. The van der Waals surface area contributed by atoms with Crippen LogP contribution in [0.25, 0.3) is 0 Å². The Labute approximate surface area is 143 Å². The van der Waals surface area contributed by atoms with Crippen molar-refractivity contribution in [1.29, 1.82) is 0 Å². The van der Waals surface area contributed by atoms with Gasteiger partial charge in [0.05, 0.1) is 10.5 Å². The quantitative estimate of drug-likeness (QED) is 0.816. The standard InChI is InChI=1S/C17H26N2O4S/c1-12-5-4-7-19(11-12)8-6-18-24(22,23)16-10-15(17(20)21)9-13(2)14(16)3/h9-10,12,18H,4-8,11H2,1-3H3,(H,20,21). The van der Waals surface area contributed by atoms with E-state index in [0.29, 0.717) is 30.1 Å². The summed E-state index contributed by atoms with van der Waals surface area (Å²) in [4.78, 5) is 13.5. The molecule has 0 radical (unpaired) electrons. The number of aryl methyl sites for hydroxylation is 1. The number of aromatic carboxylic acids is 1. The monoisotopic (exact) mass is 354 g/mol. The number of sulfonamides is 1. The Morgan fingerprint density at radius 3 is 2.71 bits per heavy atom. The summed E-state index contributed by atoms with van der Waals surface area (Å²) >= 11 is 0. The van der Waals surface area contributed by atoms with E-state index in [2.05, 4.69) is 16.5 Å². The maximum absolute atomic E-state index is 12.6. The molecule has 24 heavy (non-hydrogen) atoms. The van der Waals surface area contributed by atoms with Gasteiger partial charge < -0.3 is 10.0 Å². The molecule has 1 saturated heterocycles. The molecule has 1 unspecified atom stereocenters. The summed E-state index contributed by atoms with van der Waals surface area (Å²) in [5.74, 6) is -0.482. The predicted molar refractivity (Wildman–Crippen MR) is 92.9 cm³/mol. The van der Waals surface area contributed by atoms with Crippen LogP contribution in [0.4, 0.5) is 0 Å². The lowest BCUT2D eigenvalue weighted by Gasteiger charge is -2.30. The van der Waals surface area contributed by atoms with Crippen molar-refractivity contribution in [2.24, 2.45) is 5.92 Å². The lowest BCUT2D eigenvalue weighted by molar-refractivity contribution is 0.0696. The van der Waals surface area contributed by atoms with E-state index >= 15 is 0 Å². The van der Waals surface area contributed by atoms with Crippen LogP contribution in [-0.4, -0.2) is 50.6 Å². The second kappa shape index (κ2) is 7.63. The molecule has 0 bridgehead atoms. The minimum atomic E-state index is -3.72. The molecule has 2 rings (SSSR count). The summed E-state index contributed by atoms with van der Waals surface area (Å²) in [5, 5.41) is 9.14. The maximum atomic E-state index is 12.6. The van der Waals surface area contributed by atoms with Crippen LogP contribution < -0.4 is 4.72 Å². The van der Waals surface area contributed by atoms with Gasteiger partial charge in [-0.1, -0.05) is 6.92 Å². The van der Waals surface area contributed by atoms with Gasteiger partial charge in [0.1, 0.15) is 0 Å². The Kier molecular flexibility index (Phi) is 6.01. The molecular weight excluding hydrogens is 328 g/mol. The van der Waals surface area contributed by atoms with Crippen molar-refractivity contribution in [3.8, 4) is 0 Å². The van der Waals surface area contributed by atoms with Crippen molar-refractivity contribution in [3.05, 3.63) is 28.8 Å². The summed E-state index contributed by atoms with van der Waals surface area (Å²) in [6, 6.07) is 2.72. The Hall–Kier alpha value is -1.44. The van der Waals surface area contributed by atoms with Crippen LogP contribution in [0.5, 0.6) is 0 Å². The van der Waals surface area contributed by atoms with Crippen LogP contribution in [0.1, 0.15) is 41.3 Å². The second-order valence-electron chi connectivity index (χ2n) is 6.67. The molecule has 7 heteroatoms. The number of rotatable bonds is 6. The summed E-state index contributed by atoms with van der Waals surface area (Å²) < 4.78 is 27.7. The van der Waals surface area contributed by atoms with Gasteiger partial charge in [-0.3, -0.25) is 0 Å². The minimum Gasteiger partial charge on any atom is -0.478 e. The van der Waals surface area contributed by atoms with Crippen LogP contribution in [-0.2, 0) is 10.0 Å². The number of nitrogens with zero attached hydrogens (tertiary/aromatic N) is 1. The molecular formula is C17H26N2O4S. The fourth-order valence-electron chi connectivity index (χ4n) is 3.14. The third kappa shape index (κ3) is 4.55. The van der Waals surface area contributed by atoms with E-state index in [-0.39, 0.29) is 10.5 Å². The van der Waals surface area contributed by atoms with E-state index in [1.54, 1.807) is 13.8 Å². The Morgan fingerprint density at radius 2 is 2.08 bits per heavy atom. The highest BCUT2D eigenvalue weighted by molar-refractivity contribution is 7.89. The van der Waals surface area contributed by atoms with Gasteiger partial charge in [0.2, 0.25) is 10.0 Å². The first-order chi connectivity index (χ1) is 11.2. The first-order valence-corrected chi connectivity index (χ1v) is 9.75. The molecule has 0 aliphatic carbocycles. The van der Waals surface area contributed by atoms with Crippen LogP contribution in [0, 0.1) is 19.8 Å². The average Bonchev–Trinajstić information content (AvgIpc) is 2.49. The van der Waals surface area contributed by atoms with Crippen molar-refractivity contribution in [2.75, 3.05) is 26.2 Å². The molecule has 2 N–H and O–H groups in total. The number of hydrogen-bond donors (Lipinski definition) is 2. The lowest BCUT2D eigenvalue weighted by atomic mass is 10.0. The number of carbonyl (C=O) groups is 1. The van der Waals surface area contributed by atoms with Crippen molar-refractivity contribution >= 4 is 16.0 Å². The number of benzene rings is 1. The zero-order valence-corrected chi connectivity index (χ0v) is 15.3. The first-order valence-electron chi connectivity index (χ1n) is 8.27. The lowest BCUT2D eigenvalue weighted by Crippen LogP contribution is -2.40. The largest absolute Gasteiger partial charge is 0.478 e. The van der Waals surface area contributed by atoms with Crippen molar-refractivity contribution in [2.45, 2.75) is 38.5 Å². The Bertz CT molecular complexity index is 716. The normalized spacial score (nSPS) is 19.4. The van der Waals surface area contributed by atoms with E-state index in [1.165, 1.54) is 18.6 Å². The van der Waals surface area contributed by atoms with Crippen LogP contribution in [0.2, 0.25) is 0 Å². The van der Waals surface area contributed by atoms with Gasteiger partial charge in [-0.05, 0) is 62.4 Å². The van der Waals surface area contributed by atoms with E-state index in [0.717, 1.165) is 19.5 Å². The van der Waals surface area contributed by atoms with Gasteiger partial charge in [-0.15, -0.1) is 0 Å². The fourth-order valence-corrected chi connectivity index (χ4v) is 4.50. The van der Waals surface area contributed by atoms with Crippen LogP contribution in [0.15, 0.2) is 17.0 Å². The molecule has 1 atom stereocenters. The average molecular weight is 354 g/mol. The van der Waals surface area contributed by atoms with Crippen molar-refractivity contribution < 1.29 is 18.3 Å². The molecule has 1 aromatic carbocycles. The third-order valence-corrected chi connectivity index (χ3v) is 6.20. The maximum Gasteiger partial charge on any atom is 0.335 e. The fraction of sp³-hybridized carbons (Fsp3) is 0.588. The second-order valence-corrected chi connectivity index (χ2v) is 8.40. The van der Waals surface area contributed by atoms with Gasteiger partial charge >= 0.3 is 5.97 Å². The van der Waals surface area contributed by atoms with Gasteiger partial charge in [-0.2, -0.15) is 0 Å². The number of carboxylic acid groups (broad SMARTS) is 1. The SMILES string of the molecule is Cc1cc(C(=O)O)cc(S(=O)(=O)NCCN2CCCC(C)C2)c1C. The third-order valence-electron chi connectivity index (χ3n) is 4.62. The molecule has 0 amide bonds.